The molecule has 9 nitrogen and oxygen atoms in total. The van der Waals surface area contributed by atoms with E-state index in [0.717, 1.165) is 18.5 Å². The van der Waals surface area contributed by atoms with Crippen LogP contribution in [-0.4, -0.2) is 76.0 Å². The Balaban J connectivity index is 1.41. The fraction of sp³-hybridized carbons (Fsp3) is 0.632. The lowest BCUT2D eigenvalue weighted by atomic mass is 10.0. The number of carbonyl (C=O) groups excluding carboxylic acids is 1. The van der Waals surface area contributed by atoms with Crippen LogP contribution < -0.4 is 14.2 Å². The van der Waals surface area contributed by atoms with Gasteiger partial charge in [0.2, 0.25) is 15.9 Å². The number of rotatable bonds is 7. The Morgan fingerprint density at radius 3 is 2.76 bits per heavy atom. The largest absolute Gasteiger partial charge is 0.486 e. The van der Waals surface area contributed by atoms with Crippen molar-refractivity contribution in [1.29, 1.82) is 0 Å². The Labute approximate surface area is 170 Å². The highest BCUT2D eigenvalue weighted by atomic mass is 32.2. The molecule has 2 saturated heterocycles. The maximum atomic E-state index is 13.0. The van der Waals surface area contributed by atoms with Gasteiger partial charge in [0.25, 0.3) is 0 Å². The Morgan fingerprint density at radius 1 is 1.21 bits per heavy atom. The van der Waals surface area contributed by atoms with E-state index in [-0.39, 0.29) is 12.5 Å². The second-order valence-corrected chi connectivity index (χ2v) is 9.49. The van der Waals surface area contributed by atoms with Gasteiger partial charge in [-0.15, -0.1) is 0 Å². The molecule has 160 valence electrons. The molecule has 1 amide bonds. The molecule has 0 saturated carbocycles. The van der Waals surface area contributed by atoms with Crippen molar-refractivity contribution >= 4 is 15.9 Å². The Hall–Kier alpha value is -1.88. The fourth-order valence-electron chi connectivity index (χ4n) is 4.06. The molecule has 29 heavy (non-hydrogen) atoms. The van der Waals surface area contributed by atoms with Crippen molar-refractivity contribution in [1.82, 2.24) is 14.7 Å². The third kappa shape index (κ3) is 4.35. The van der Waals surface area contributed by atoms with Gasteiger partial charge >= 0.3 is 0 Å². The van der Waals surface area contributed by atoms with Crippen molar-refractivity contribution < 1.29 is 27.5 Å². The molecule has 2 fully saturated rings. The van der Waals surface area contributed by atoms with Crippen LogP contribution in [-0.2, 0) is 19.7 Å². The van der Waals surface area contributed by atoms with Gasteiger partial charge in [0, 0.05) is 33.1 Å². The number of hydrogen-bond donors (Lipinski definition) is 1. The van der Waals surface area contributed by atoms with Crippen LogP contribution in [0.25, 0.3) is 0 Å². The van der Waals surface area contributed by atoms with E-state index in [2.05, 4.69) is 4.72 Å². The number of nitrogens with zero attached hydrogens (tertiary/aromatic N) is 2. The number of hydroxylamine groups is 2. The van der Waals surface area contributed by atoms with E-state index in [1.807, 2.05) is 12.1 Å². The highest BCUT2D eigenvalue weighted by molar-refractivity contribution is 7.90. The molecule has 2 atom stereocenters. The first-order valence-electron chi connectivity index (χ1n) is 9.97. The van der Waals surface area contributed by atoms with E-state index < -0.39 is 21.3 Å². The minimum atomic E-state index is -3.61. The van der Waals surface area contributed by atoms with E-state index in [4.69, 9.17) is 14.3 Å². The standard InChI is InChI=1S/C19H27N3O6S/c1-21-19(14-5-6-15-16(12-14)27-11-10-26-15)17(13-28-21)29(24,25)20-7-3-9-22-8-2-4-18(22)23/h5-6,12,17,19-20H,2-4,7-11,13H2,1H3. The summed E-state index contributed by atoms with van der Waals surface area (Å²) in [4.78, 5) is 19.0. The predicted molar refractivity (Wildman–Crippen MR) is 105 cm³/mol. The topological polar surface area (TPSA) is 97.4 Å². The fourth-order valence-corrected chi connectivity index (χ4v) is 5.61. The number of nitrogens with one attached hydrogen (secondary N) is 1. The van der Waals surface area contributed by atoms with Crippen LogP contribution in [0.4, 0.5) is 0 Å². The normalized spacial score (nSPS) is 25.0. The molecular formula is C19H27N3O6S. The van der Waals surface area contributed by atoms with Gasteiger partial charge in [-0.25, -0.2) is 13.1 Å². The maximum absolute atomic E-state index is 13.0. The number of likely N-dealkylation sites (tertiary alicyclic amines) is 1. The lowest BCUT2D eigenvalue weighted by Gasteiger charge is -2.25. The zero-order chi connectivity index (χ0) is 20.4. The molecule has 1 aromatic rings. The monoisotopic (exact) mass is 425 g/mol. The van der Waals surface area contributed by atoms with Crippen LogP contribution in [0.15, 0.2) is 18.2 Å². The van der Waals surface area contributed by atoms with Gasteiger partial charge in [-0.05, 0) is 30.5 Å². The predicted octanol–water partition coefficient (Wildman–Crippen LogP) is 0.676. The van der Waals surface area contributed by atoms with E-state index >= 15 is 0 Å². The number of amides is 1. The minimum absolute atomic E-state index is 0.0789. The second-order valence-electron chi connectivity index (χ2n) is 7.51. The summed E-state index contributed by atoms with van der Waals surface area (Å²) in [6.45, 7) is 2.68. The van der Waals surface area contributed by atoms with Gasteiger partial charge in [0.1, 0.15) is 18.5 Å². The average Bonchev–Trinajstić information content (AvgIpc) is 3.30. The molecule has 1 aromatic carbocycles. The molecule has 10 heteroatoms. The number of sulfonamides is 1. The van der Waals surface area contributed by atoms with Crippen LogP contribution in [0.5, 0.6) is 11.5 Å². The molecule has 3 heterocycles. The Morgan fingerprint density at radius 2 is 2.00 bits per heavy atom. The number of hydrogen-bond acceptors (Lipinski definition) is 7. The molecule has 1 N–H and O–H groups in total. The second kappa shape index (κ2) is 8.47. The van der Waals surface area contributed by atoms with Gasteiger partial charge < -0.3 is 14.4 Å². The summed E-state index contributed by atoms with van der Waals surface area (Å²) in [5.74, 6) is 1.43. The Kier molecular flexibility index (Phi) is 5.95. The summed E-state index contributed by atoms with van der Waals surface area (Å²) in [6.07, 6.45) is 2.06. The van der Waals surface area contributed by atoms with Crippen molar-refractivity contribution in [3.8, 4) is 11.5 Å². The van der Waals surface area contributed by atoms with Crippen molar-refractivity contribution in [2.75, 3.05) is 46.5 Å². The summed E-state index contributed by atoms with van der Waals surface area (Å²) in [5, 5.41) is 0.835. The van der Waals surface area contributed by atoms with Crippen LogP contribution in [0.1, 0.15) is 30.9 Å². The molecule has 2 unspecified atom stereocenters. The SMILES string of the molecule is CN1OCC(S(=O)(=O)NCCCN2CCCC2=O)C1c1ccc2c(c1)OCCO2. The summed E-state index contributed by atoms with van der Waals surface area (Å²) < 4.78 is 39.8. The molecular weight excluding hydrogens is 398 g/mol. The number of carbonyl (C=O) groups is 1. The lowest BCUT2D eigenvalue weighted by molar-refractivity contribution is -0.127. The van der Waals surface area contributed by atoms with E-state index in [9.17, 15) is 13.2 Å². The number of ether oxygens (including phenoxy) is 2. The molecule has 0 radical (unpaired) electrons. The van der Waals surface area contributed by atoms with E-state index in [1.165, 1.54) is 0 Å². The van der Waals surface area contributed by atoms with Crippen LogP contribution >= 0.6 is 0 Å². The van der Waals surface area contributed by atoms with Gasteiger partial charge in [0.05, 0.1) is 12.6 Å². The van der Waals surface area contributed by atoms with E-state index in [0.29, 0.717) is 50.6 Å². The molecule has 4 rings (SSSR count). The highest BCUT2D eigenvalue weighted by Crippen LogP contribution is 2.38. The quantitative estimate of drug-likeness (QED) is 0.642. The molecule has 0 spiro atoms. The minimum Gasteiger partial charge on any atom is -0.486 e. The first-order valence-corrected chi connectivity index (χ1v) is 11.5. The summed E-state index contributed by atoms with van der Waals surface area (Å²) in [5.41, 5.74) is 0.798. The van der Waals surface area contributed by atoms with Gasteiger partial charge in [-0.3, -0.25) is 9.63 Å². The first kappa shape index (κ1) is 20.4. The van der Waals surface area contributed by atoms with Crippen LogP contribution in [0, 0.1) is 0 Å². The third-order valence-electron chi connectivity index (χ3n) is 5.57. The molecule has 3 aliphatic rings. The molecule has 0 aromatic heterocycles. The lowest BCUT2D eigenvalue weighted by Crippen LogP contribution is -2.40. The Bertz CT molecular complexity index is 862. The molecule has 0 aliphatic carbocycles. The van der Waals surface area contributed by atoms with Gasteiger partial charge in [-0.2, -0.15) is 5.06 Å². The first-order chi connectivity index (χ1) is 14.0. The van der Waals surface area contributed by atoms with Crippen molar-refractivity contribution in [2.45, 2.75) is 30.6 Å². The molecule has 0 bridgehead atoms. The number of fused-ring (bicyclic) bond motifs is 1. The maximum Gasteiger partial charge on any atom is 0.222 e. The zero-order valence-electron chi connectivity index (χ0n) is 16.5. The molecule has 3 aliphatic heterocycles. The summed E-state index contributed by atoms with van der Waals surface area (Å²) in [7, 11) is -1.88. The van der Waals surface area contributed by atoms with Gasteiger partial charge in [-0.1, -0.05) is 6.07 Å². The van der Waals surface area contributed by atoms with Crippen molar-refractivity contribution in [3.63, 3.8) is 0 Å². The van der Waals surface area contributed by atoms with Gasteiger partial charge in [0.15, 0.2) is 11.5 Å². The summed E-state index contributed by atoms with van der Waals surface area (Å²) >= 11 is 0. The van der Waals surface area contributed by atoms with Crippen LogP contribution in [0.2, 0.25) is 0 Å². The highest BCUT2D eigenvalue weighted by Gasteiger charge is 2.43. The van der Waals surface area contributed by atoms with Crippen LogP contribution in [0.3, 0.4) is 0 Å². The number of benzene rings is 1. The smallest absolute Gasteiger partial charge is 0.222 e. The zero-order valence-corrected chi connectivity index (χ0v) is 17.3. The van der Waals surface area contributed by atoms with Crippen molar-refractivity contribution in [3.05, 3.63) is 23.8 Å². The van der Waals surface area contributed by atoms with Crippen molar-refractivity contribution in [2.24, 2.45) is 0 Å². The average molecular weight is 426 g/mol. The summed E-state index contributed by atoms with van der Waals surface area (Å²) in [6, 6.07) is 5.03. The third-order valence-corrected chi connectivity index (χ3v) is 7.37. The van der Waals surface area contributed by atoms with E-state index in [1.54, 1.807) is 23.1 Å².